The molecule has 4 nitrogen and oxygen atoms in total. The summed E-state index contributed by atoms with van der Waals surface area (Å²) in [7, 11) is 0. The summed E-state index contributed by atoms with van der Waals surface area (Å²) in [5.41, 5.74) is 9.49. The van der Waals surface area contributed by atoms with E-state index in [2.05, 4.69) is 84.9 Å². The van der Waals surface area contributed by atoms with E-state index in [1.165, 1.54) is 0 Å². The van der Waals surface area contributed by atoms with E-state index in [0.29, 0.717) is 23.0 Å². The van der Waals surface area contributed by atoms with E-state index in [1.807, 2.05) is 78.9 Å². The summed E-state index contributed by atoms with van der Waals surface area (Å²) < 4.78 is 0. The van der Waals surface area contributed by atoms with Crippen molar-refractivity contribution in [3.05, 3.63) is 186 Å². The first kappa shape index (κ1) is 26.4. The highest BCUT2D eigenvalue weighted by Gasteiger charge is 2.46. The van der Waals surface area contributed by atoms with E-state index in [1.54, 1.807) is 0 Å². The van der Waals surface area contributed by atoms with Crippen molar-refractivity contribution in [2.45, 2.75) is 5.41 Å². The Morgan fingerprint density at radius 1 is 0.422 bits per heavy atom. The van der Waals surface area contributed by atoms with Crippen LogP contribution in [0.4, 0.5) is 0 Å². The number of fused-ring (bicyclic) bond motifs is 3. The van der Waals surface area contributed by atoms with Gasteiger partial charge in [0.05, 0.1) is 17.0 Å². The van der Waals surface area contributed by atoms with Gasteiger partial charge in [-0.15, -0.1) is 0 Å². The predicted molar refractivity (Wildman–Crippen MR) is 178 cm³/mol. The van der Waals surface area contributed by atoms with Crippen LogP contribution in [-0.2, 0) is 5.41 Å². The van der Waals surface area contributed by atoms with Crippen LogP contribution in [-0.4, -0.2) is 15.0 Å². The normalized spacial score (nSPS) is 12.6. The third-order valence-electron chi connectivity index (χ3n) is 8.64. The zero-order chi connectivity index (χ0) is 30.2. The maximum Gasteiger partial charge on any atom is 0.164 e. The first-order valence-corrected chi connectivity index (χ1v) is 14.9. The minimum atomic E-state index is -0.645. The van der Waals surface area contributed by atoms with Crippen molar-refractivity contribution < 1.29 is 0 Å². The van der Waals surface area contributed by atoms with Gasteiger partial charge in [-0.1, -0.05) is 140 Å². The Labute approximate surface area is 262 Å². The molecule has 0 amide bonds. The zero-order valence-electron chi connectivity index (χ0n) is 24.3. The molecular weight excluding hydrogens is 548 g/mol. The molecule has 0 aliphatic heterocycles. The molecule has 1 aromatic heterocycles. The monoisotopic (exact) mass is 574 g/mol. The Bertz CT molecular complexity index is 2110. The van der Waals surface area contributed by atoms with Crippen molar-refractivity contribution in [3.8, 4) is 51.4 Å². The number of nitriles is 1. The highest BCUT2D eigenvalue weighted by Crippen LogP contribution is 2.56. The van der Waals surface area contributed by atoms with E-state index in [-0.39, 0.29) is 0 Å². The van der Waals surface area contributed by atoms with E-state index < -0.39 is 5.41 Å². The standard InChI is InChI=1S/C41H26N4/c42-27-28-21-23-34-35-24-22-31(40-44-38(29-13-5-1-6-14-29)43-39(45-40)30-15-7-2-8-16-30)26-37(35)41(36(34)25-28,32-17-9-3-10-18-32)33-19-11-4-12-20-33/h1-26H. The summed E-state index contributed by atoms with van der Waals surface area (Å²) >= 11 is 0. The molecule has 0 saturated heterocycles. The molecule has 6 aromatic carbocycles. The lowest BCUT2D eigenvalue weighted by Crippen LogP contribution is -2.28. The highest BCUT2D eigenvalue weighted by molar-refractivity contribution is 5.88. The fourth-order valence-electron chi connectivity index (χ4n) is 6.64. The molecule has 4 heteroatoms. The van der Waals surface area contributed by atoms with Gasteiger partial charge in [-0.05, 0) is 51.6 Å². The molecule has 0 unspecified atom stereocenters. The smallest absolute Gasteiger partial charge is 0.164 e. The molecule has 45 heavy (non-hydrogen) atoms. The second-order valence-electron chi connectivity index (χ2n) is 11.2. The first-order chi connectivity index (χ1) is 22.3. The molecule has 0 radical (unpaired) electrons. The van der Waals surface area contributed by atoms with Gasteiger partial charge < -0.3 is 0 Å². The topological polar surface area (TPSA) is 62.5 Å². The zero-order valence-corrected chi connectivity index (χ0v) is 24.3. The average molecular weight is 575 g/mol. The third-order valence-corrected chi connectivity index (χ3v) is 8.64. The lowest BCUT2D eigenvalue weighted by atomic mass is 9.67. The van der Waals surface area contributed by atoms with Gasteiger partial charge in [-0.2, -0.15) is 5.26 Å². The Balaban J connectivity index is 1.42. The number of benzene rings is 6. The fourth-order valence-corrected chi connectivity index (χ4v) is 6.64. The van der Waals surface area contributed by atoms with E-state index in [9.17, 15) is 5.26 Å². The molecular formula is C41H26N4. The minimum Gasteiger partial charge on any atom is -0.208 e. The summed E-state index contributed by atoms with van der Waals surface area (Å²) in [6.07, 6.45) is 0. The number of hydrogen-bond donors (Lipinski definition) is 0. The predicted octanol–water partition coefficient (Wildman–Crippen LogP) is 9.11. The molecule has 1 heterocycles. The van der Waals surface area contributed by atoms with Crippen LogP contribution in [0.2, 0.25) is 0 Å². The molecule has 7 aromatic rings. The van der Waals surface area contributed by atoms with Crippen LogP contribution in [0.25, 0.3) is 45.3 Å². The molecule has 1 aliphatic rings. The second-order valence-corrected chi connectivity index (χ2v) is 11.2. The lowest BCUT2D eigenvalue weighted by molar-refractivity contribution is 0.768. The van der Waals surface area contributed by atoms with Crippen LogP contribution >= 0.6 is 0 Å². The summed E-state index contributed by atoms with van der Waals surface area (Å²) in [4.78, 5) is 15.0. The molecule has 0 N–H and O–H groups in total. The van der Waals surface area contributed by atoms with Crippen LogP contribution in [0.15, 0.2) is 158 Å². The van der Waals surface area contributed by atoms with Gasteiger partial charge in [-0.25, -0.2) is 15.0 Å². The van der Waals surface area contributed by atoms with Crippen molar-refractivity contribution in [3.63, 3.8) is 0 Å². The molecule has 0 atom stereocenters. The molecule has 1 aliphatic carbocycles. The minimum absolute atomic E-state index is 0.606. The average Bonchev–Trinajstić information content (AvgIpc) is 3.42. The van der Waals surface area contributed by atoms with Crippen molar-refractivity contribution in [2.75, 3.05) is 0 Å². The molecule has 0 saturated carbocycles. The number of aromatic nitrogens is 3. The van der Waals surface area contributed by atoms with Crippen molar-refractivity contribution in [1.29, 1.82) is 5.26 Å². The maximum absolute atomic E-state index is 9.96. The van der Waals surface area contributed by atoms with Gasteiger partial charge >= 0.3 is 0 Å². The summed E-state index contributed by atoms with van der Waals surface area (Å²) in [5.74, 6) is 1.85. The van der Waals surface area contributed by atoms with E-state index in [4.69, 9.17) is 15.0 Å². The van der Waals surface area contributed by atoms with Gasteiger partial charge in [0.2, 0.25) is 0 Å². The van der Waals surface area contributed by atoms with Crippen LogP contribution in [0, 0.1) is 11.3 Å². The van der Waals surface area contributed by atoms with Crippen LogP contribution in [0.1, 0.15) is 27.8 Å². The van der Waals surface area contributed by atoms with E-state index in [0.717, 1.165) is 50.1 Å². The maximum atomic E-state index is 9.96. The van der Waals surface area contributed by atoms with Crippen LogP contribution < -0.4 is 0 Å². The van der Waals surface area contributed by atoms with Crippen molar-refractivity contribution in [1.82, 2.24) is 15.0 Å². The Kier molecular flexibility index (Phi) is 6.36. The highest BCUT2D eigenvalue weighted by atomic mass is 15.0. The summed E-state index contributed by atoms with van der Waals surface area (Å²) in [6.45, 7) is 0. The van der Waals surface area contributed by atoms with E-state index >= 15 is 0 Å². The van der Waals surface area contributed by atoms with Gasteiger partial charge in [0, 0.05) is 16.7 Å². The number of hydrogen-bond acceptors (Lipinski definition) is 4. The quantitative estimate of drug-likeness (QED) is 0.206. The molecule has 210 valence electrons. The van der Waals surface area contributed by atoms with Crippen LogP contribution in [0.5, 0.6) is 0 Å². The van der Waals surface area contributed by atoms with Crippen LogP contribution in [0.3, 0.4) is 0 Å². The molecule has 8 rings (SSSR count). The number of rotatable bonds is 5. The van der Waals surface area contributed by atoms with Crippen molar-refractivity contribution >= 4 is 0 Å². The number of nitrogens with zero attached hydrogens (tertiary/aromatic N) is 4. The molecule has 0 bridgehead atoms. The Hall–Kier alpha value is -6.18. The Morgan fingerprint density at radius 3 is 1.33 bits per heavy atom. The largest absolute Gasteiger partial charge is 0.208 e. The fraction of sp³-hybridized carbons (Fsp3) is 0.0244. The van der Waals surface area contributed by atoms with Gasteiger partial charge in [-0.3, -0.25) is 0 Å². The third kappa shape index (κ3) is 4.33. The summed E-state index contributed by atoms with van der Waals surface area (Å²) in [5, 5.41) is 9.96. The van der Waals surface area contributed by atoms with Gasteiger partial charge in [0.1, 0.15) is 0 Å². The molecule has 0 fully saturated rings. The SMILES string of the molecule is N#Cc1ccc2c(c1)C(c1ccccc1)(c1ccccc1)c1cc(-c3nc(-c4ccccc4)nc(-c4ccccc4)n3)ccc1-2. The van der Waals surface area contributed by atoms with Gasteiger partial charge in [0.15, 0.2) is 17.5 Å². The van der Waals surface area contributed by atoms with Crippen molar-refractivity contribution in [2.24, 2.45) is 0 Å². The van der Waals surface area contributed by atoms with Gasteiger partial charge in [0.25, 0.3) is 0 Å². The summed E-state index contributed by atoms with van der Waals surface area (Å²) in [6, 6.07) is 56.2. The molecule has 0 spiro atoms. The first-order valence-electron chi connectivity index (χ1n) is 14.9. The lowest BCUT2D eigenvalue weighted by Gasteiger charge is -2.34. The second kappa shape index (κ2) is 10.8. The Morgan fingerprint density at radius 2 is 0.844 bits per heavy atom.